The van der Waals surface area contributed by atoms with Gasteiger partial charge in [0.15, 0.2) is 0 Å². The summed E-state index contributed by atoms with van der Waals surface area (Å²) in [5.74, 6) is 1.50. The van der Waals surface area contributed by atoms with E-state index in [2.05, 4.69) is 15.1 Å². The van der Waals surface area contributed by atoms with Crippen LogP contribution in [0.15, 0.2) is 28.9 Å². The number of hydrogen-bond acceptors (Lipinski definition) is 6. The minimum Gasteiger partial charge on any atom is -0.381 e. The molecule has 1 fully saturated rings. The van der Waals surface area contributed by atoms with Gasteiger partial charge < -0.3 is 14.2 Å². The average Bonchev–Trinajstić information content (AvgIpc) is 3.14. The van der Waals surface area contributed by atoms with Gasteiger partial charge in [0.05, 0.1) is 6.61 Å². The van der Waals surface area contributed by atoms with E-state index in [0.717, 1.165) is 39.1 Å². The lowest BCUT2D eigenvalue weighted by molar-refractivity contribution is -0.133. The monoisotopic (exact) mass is 344 g/mol. The number of amides is 1. The second kappa shape index (κ2) is 8.71. The van der Waals surface area contributed by atoms with Crippen LogP contribution in [0.1, 0.15) is 32.1 Å². The summed E-state index contributed by atoms with van der Waals surface area (Å²) < 4.78 is 10.7. The molecule has 0 spiro atoms. The maximum atomic E-state index is 12.5. The summed E-state index contributed by atoms with van der Waals surface area (Å²) in [6.45, 7) is 5.05. The summed E-state index contributed by atoms with van der Waals surface area (Å²) in [6, 6.07) is 5.53. The van der Waals surface area contributed by atoms with Crippen molar-refractivity contribution in [2.75, 3.05) is 26.3 Å². The number of nitrogens with zero attached hydrogens (tertiary/aromatic N) is 4. The predicted octanol–water partition coefficient (Wildman–Crippen LogP) is 2.34. The van der Waals surface area contributed by atoms with Crippen LogP contribution in [0, 0.1) is 5.92 Å². The second-order valence-electron chi connectivity index (χ2n) is 6.23. The highest BCUT2D eigenvalue weighted by molar-refractivity contribution is 5.76. The van der Waals surface area contributed by atoms with E-state index in [0.29, 0.717) is 36.2 Å². The maximum absolute atomic E-state index is 12.5. The number of carbonyl (C=O) groups excluding carboxylic acids is 1. The smallest absolute Gasteiger partial charge is 0.227 e. The molecule has 1 aliphatic rings. The normalized spacial score (nSPS) is 17.6. The van der Waals surface area contributed by atoms with Crippen LogP contribution in [-0.4, -0.2) is 52.2 Å². The zero-order valence-corrected chi connectivity index (χ0v) is 14.6. The van der Waals surface area contributed by atoms with Gasteiger partial charge in [0, 0.05) is 38.7 Å². The van der Waals surface area contributed by atoms with Crippen molar-refractivity contribution in [2.24, 2.45) is 5.92 Å². The highest BCUT2D eigenvalue weighted by Crippen LogP contribution is 2.18. The Morgan fingerprint density at radius 3 is 3.16 bits per heavy atom. The Labute approximate surface area is 147 Å². The predicted molar refractivity (Wildman–Crippen MR) is 91.6 cm³/mol. The lowest BCUT2D eigenvalue weighted by Crippen LogP contribution is -2.41. The van der Waals surface area contributed by atoms with Crippen LogP contribution < -0.4 is 0 Å². The van der Waals surface area contributed by atoms with Crippen LogP contribution in [0.3, 0.4) is 0 Å². The number of rotatable bonds is 7. The quantitative estimate of drug-likeness (QED) is 0.767. The van der Waals surface area contributed by atoms with E-state index in [1.54, 1.807) is 6.20 Å². The summed E-state index contributed by atoms with van der Waals surface area (Å²) in [5, 5.41) is 3.93. The molecule has 1 atom stereocenters. The van der Waals surface area contributed by atoms with E-state index < -0.39 is 0 Å². The molecule has 3 rings (SSSR count). The van der Waals surface area contributed by atoms with Gasteiger partial charge in [0.25, 0.3) is 0 Å². The molecular formula is C18H24N4O3. The van der Waals surface area contributed by atoms with Crippen molar-refractivity contribution in [3.63, 3.8) is 0 Å². The molecule has 1 saturated heterocycles. The van der Waals surface area contributed by atoms with Crippen LogP contribution in [0.4, 0.5) is 0 Å². The minimum atomic E-state index is 0.138. The van der Waals surface area contributed by atoms with Gasteiger partial charge >= 0.3 is 0 Å². The Kier molecular flexibility index (Phi) is 6.11. The Hall–Kier alpha value is -2.28. The molecule has 0 saturated carbocycles. The van der Waals surface area contributed by atoms with Gasteiger partial charge in [-0.3, -0.25) is 9.78 Å². The molecule has 25 heavy (non-hydrogen) atoms. The van der Waals surface area contributed by atoms with Gasteiger partial charge in [-0.15, -0.1) is 0 Å². The van der Waals surface area contributed by atoms with Gasteiger partial charge in [-0.05, 0) is 37.8 Å². The fraction of sp³-hybridized carbons (Fsp3) is 0.556. The minimum absolute atomic E-state index is 0.138. The third-order valence-electron chi connectivity index (χ3n) is 4.34. The highest BCUT2D eigenvalue weighted by atomic mass is 16.5. The molecule has 0 N–H and O–H groups in total. The van der Waals surface area contributed by atoms with Crippen LogP contribution in [-0.2, 0) is 16.0 Å². The third-order valence-corrected chi connectivity index (χ3v) is 4.34. The fourth-order valence-electron chi connectivity index (χ4n) is 3.04. The van der Waals surface area contributed by atoms with E-state index in [1.165, 1.54) is 0 Å². The summed E-state index contributed by atoms with van der Waals surface area (Å²) in [4.78, 5) is 22.9. The lowest BCUT2D eigenvalue weighted by atomic mass is 9.98. The summed E-state index contributed by atoms with van der Waals surface area (Å²) in [7, 11) is 0. The molecule has 2 aromatic heterocycles. The molecule has 1 unspecified atom stereocenters. The van der Waals surface area contributed by atoms with E-state index in [1.807, 2.05) is 30.0 Å². The maximum Gasteiger partial charge on any atom is 0.227 e. The molecule has 0 aromatic carbocycles. The van der Waals surface area contributed by atoms with E-state index in [9.17, 15) is 4.79 Å². The zero-order valence-electron chi connectivity index (χ0n) is 14.6. The molecule has 134 valence electrons. The van der Waals surface area contributed by atoms with Crippen molar-refractivity contribution in [1.82, 2.24) is 20.0 Å². The first-order chi connectivity index (χ1) is 12.3. The van der Waals surface area contributed by atoms with E-state index >= 15 is 0 Å². The van der Waals surface area contributed by atoms with Crippen LogP contribution in [0.5, 0.6) is 0 Å². The standard InChI is InChI=1S/C18H24N4O3/c1-2-24-13-14-6-5-11-22(12-14)17(23)9-8-16-20-18(21-25-16)15-7-3-4-10-19-15/h3-4,7,10,14H,2,5-6,8-9,11-13H2,1H3. The molecule has 7 nitrogen and oxygen atoms in total. The first-order valence-electron chi connectivity index (χ1n) is 8.85. The Bertz CT molecular complexity index is 674. The first kappa shape index (κ1) is 17.5. The molecular weight excluding hydrogens is 320 g/mol. The van der Waals surface area contributed by atoms with Gasteiger partial charge in [0.2, 0.25) is 17.6 Å². The largest absolute Gasteiger partial charge is 0.381 e. The van der Waals surface area contributed by atoms with E-state index in [4.69, 9.17) is 9.26 Å². The Balaban J connectivity index is 1.50. The lowest BCUT2D eigenvalue weighted by Gasteiger charge is -2.32. The Morgan fingerprint density at radius 1 is 1.44 bits per heavy atom. The number of likely N-dealkylation sites (tertiary alicyclic amines) is 1. The van der Waals surface area contributed by atoms with Crippen molar-refractivity contribution < 1.29 is 14.1 Å². The van der Waals surface area contributed by atoms with Crippen molar-refractivity contribution in [3.8, 4) is 11.5 Å². The van der Waals surface area contributed by atoms with Crippen LogP contribution in [0.25, 0.3) is 11.5 Å². The van der Waals surface area contributed by atoms with Crippen LogP contribution >= 0.6 is 0 Å². The molecule has 0 aliphatic carbocycles. The topological polar surface area (TPSA) is 81.4 Å². The molecule has 0 radical (unpaired) electrons. The highest BCUT2D eigenvalue weighted by Gasteiger charge is 2.24. The molecule has 7 heteroatoms. The average molecular weight is 344 g/mol. The molecule has 3 heterocycles. The first-order valence-corrected chi connectivity index (χ1v) is 8.85. The van der Waals surface area contributed by atoms with Crippen molar-refractivity contribution in [1.29, 1.82) is 0 Å². The number of hydrogen-bond donors (Lipinski definition) is 0. The van der Waals surface area contributed by atoms with Gasteiger partial charge in [-0.2, -0.15) is 4.98 Å². The number of ether oxygens (including phenoxy) is 1. The van der Waals surface area contributed by atoms with Gasteiger partial charge in [-0.25, -0.2) is 0 Å². The van der Waals surface area contributed by atoms with Gasteiger partial charge in [0.1, 0.15) is 5.69 Å². The molecule has 1 aliphatic heterocycles. The molecule has 2 aromatic rings. The number of carbonyl (C=O) groups is 1. The number of pyridine rings is 1. The second-order valence-corrected chi connectivity index (χ2v) is 6.23. The SMILES string of the molecule is CCOCC1CCCN(C(=O)CCc2nc(-c3ccccn3)no2)C1. The fourth-order valence-corrected chi connectivity index (χ4v) is 3.04. The number of aryl methyl sites for hydroxylation is 1. The molecule has 0 bridgehead atoms. The van der Waals surface area contributed by atoms with Crippen molar-refractivity contribution in [3.05, 3.63) is 30.3 Å². The summed E-state index contributed by atoms with van der Waals surface area (Å²) >= 11 is 0. The zero-order chi connectivity index (χ0) is 17.5. The summed E-state index contributed by atoms with van der Waals surface area (Å²) in [6.07, 6.45) is 4.68. The summed E-state index contributed by atoms with van der Waals surface area (Å²) in [5.41, 5.74) is 0.665. The van der Waals surface area contributed by atoms with Crippen molar-refractivity contribution in [2.45, 2.75) is 32.6 Å². The molecule has 1 amide bonds. The Morgan fingerprint density at radius 2 is 2.36 bits per heavy atom. The third kappa shape index (κ3) is 4.85. The number of piperidine rings is 1. The number of aromatic nitrogens is 3. The van der Waals surface area contributed by atoms with Crippen LogP contribution in [0.2, 0.25) is 0 Å². The van der Waals surface area contributed by atoms with E-state index in [-0.39, 0.29) is 5.91 Å². The van der Waals surface area contributed by atoms with Crippen molar-refractivity contribution >= 4 is 5.91 Å². The van der Waals surface area contributed by atoms with Gasteiger partial charge in [-0.1, -0.05) is 11.2 Å².